The van der Waals surface area contributed by atoms with Crippen LogP contribution in [0.5, 0.6) is 0 Å². The zero-order valence-corrected chi connectivity index (χ0v) is 18.4. The molecule has 1 aromatic carbocycles. The molecule has 0 bridgehead atoms. The van der Waals surface area contributed by atoms with E-state index >= 15 is 0 Å². The fourth-order valence-electron chi connectivity index (χ4n) is 3.31. The van der Waals surface area contributed by atoms with Gasteiger partial charge in [-0.2, -0.15) is 0 Å². The van der Waals surface area contributed by atoms with Crippen molar-refractivity contribution in [3.8, 4) is 0 Å². The highest BCUT2D eigenvalue weighted by Gasteiger charge is 2.39. The van der Waals surface area contributed by atoms with Crippen LogP contribution in [0, 0.1) is 35.0 Å². The van der Waals surface area contributed by atoms with Crippen molar-refractivity contribution in [3.05, 3.63) is 34.6 Å². The van der Waals surface area contributed by atoms with E-state index in [0.717, 1.165) is 38.5 Å². The summed E-state index contributed by atoms with van der Waals surface area (Å²) in [7, 11) is 0. The third-order valence-corrected chi connectivity index (χ3v) is 4.99. The second-order valence-corrected chi connectivity index (χ2v) is 7.31. The quantitative estimate of drug-likeness (QED) is 0.109. The summed E-state index contributed by atoms with van der Waals surface area (Å²) < 4.78 is 83.7. The Morgan fingerprint density at radius 2 is 1.23 bits per heavy atom. The first kappa shape index (κ1) is 27.7. The predicted molar refractivity (Wildman–Crippen MR) is 106 cm³/mol. The molecule has 0 amide bonds. The van der Waals surface area contributed by atoms with Crippen LogP contribution in [0.2, 0.25) is 0 Å². The van der Waals surface area contributed by atoms with Gasteiger partial charge < -0.3 is 19.3 Å². The molecule has 0 aliphatic heterocycles. The summed E-state index contributed by atoms with van der Waals surface area (Å²) in [5, 5.41) is 10.8. The molecule has 0 saturated carbocycles. The molecule has 1 rings (SSSR count). The molecular weight excluding hydrogens is 423 g/mol. The van der Waals surface area contributed by atoms with E-state index in [2.05, 4.69) is 6.92 Å². The highest BCUT2D eigenvalue weighted by molar-refractivity contribution is 5.23. The topological polar surface area (TPSA) is 47.9 Å². The molecule has 1 atom stereocenters. The van der Waals surface area contributed by atoms with Crippen LogP contribution in [0.25, 0.3) is 0 Å². The average Bonchev–Trinajstić information content (AvgIpc) is 2.74. The summed E-state index contributed by atoms with van der Waals surface area (Å²) in [5.74, 6) is -12.9. The summed E-state index contributed by atoms with van der Waals surface area (Å²) in [6.07, 6.45) is 6.43. The molecule has 1 unspecified atom stereocenters. The van der Waals surface area contributed by atoms with E-state index in [1.165, 1.54) is 0 Å². The third kappa shape index (κ3) is 7.97. The third-order valence-electron chi connectivity index (χ3n) is 4.99. The van der Waals surface area contributed by atoms with Gasteiger partial charge in [0, 0.05) is 13.2 Å². The van der Waals surface area contributed by atoms with Crippen molar-refractivity contribution in [1.29, 1.82) is 0 Å². The molecule has 31 heavy (non-hydrogen) atoms. The Morgan fingerprint density at radius 3 is 1.74 bits per heavy atom. The van der Waals surface area contributed by atoms with Gasteiger partial charge in [0.25, 0.3) is 5.97 Å². The molecule has 0 spiro atoms. The predicted octanol–water partition coefficient (Wildman–Crippen LogP) is 5.98. The zero-order valence-electron chi connectivity index (χ0n) is 18.4. The molecule has 0 fully saturated rings. The molecular formula is C22H33F5O4. The van der Waals surface area contributed by atoms with E-state index in [0.29, 0.717) is 6.42 Å². The van der Waals surface area contributed by atoms with E-state index in [9.17, 15) is 27.1 Å². The first-order chi connectivity index (χ1) is 14.7. The van der Waals surface area contributed by atoms with Gasteiger partial charge in [-0.15, -0.1) is 0 Å². The lowest BCUT2D eigenvalue weighted by Gasteiger charge is -2.34. The van der Waals surface area contributed by atoms with Crippen LogP contribution >= 0.6 is 0 Å². The number of halogens is 5. The van der Waals surface area contributed by atoms with Crippen LogP contribution in [0.4, 0.5) is 22.0 Å². The minimum absolute atomic E-state index is 0.140. The van der Waals surface area contributed by atoms with Crippen molar-refractivity contribution in [2.45, 2.75) is 78.3 Å². The molecule has 0 aliphatic carbocycles. The van der Waals surface area contributed by atoms with E-state index < -0.39 is 53.1 Å². The Kier molecular flexibility index (Phi) is 12.5. The van der Waals surface area contributed by atoms with E-state index in [1.54, 1.807) is 13.8 Å². The molecule has 0 radical (unpaired) electrons. The second kappa shape index (κ2) is 14.0. The first-order valence-electron chi connectivity index (χ1n) is 10.8. The van der Waals surface area contributed by atoms with E-state index in [-0.39, 0.29) is 19.8 Å². The Bertz CT molecular complexity index is 637. The summed E-state index contributed by atoms with van der Waals surface area (Å²) in [6, 6.07) is 0. The Hall–Kier alpha value is -1.29. The van der Waals surface area contributed by atoms with Crippen molar-refractivity contribution in [3.63, 3.8) is 0 Å². The van der Waals surface area contributed by atoms with Crippen molar-refractivity contribution in [2.24, 2.45) is 5.92 Å². The van der Waals surface area contributed by atoms with Crippen LogP contribution < -0.4 is 0 Å². The number of hydrogen-bond donors (Lipinski definition) is 1. The number of rotatable bonds is 16. The number of unbranched alkanes of at least 4 members (excludes halogenated alkanes) is 5. The summed E-state index contributed by atoms with van der Waals surface area (Å²) in [4.78, 5) is 0. The van der Waals surface area contributed by atoms with Crippen LogP contribution in [-0.4, -0.2) is 30.9 Å². The first-order valence-corrected chi connectivity index (χ1v) is 10.8. The van der Waals surface area contributed by atoms with Gasteiger partial charge in [0.15, 0.2) is 23.3 Å². The fraction of sp³-hybridized carbons (Fsp3) is 0.727. The maximum absolute atomic E-state index is 13.9. The number of ether oxygens (including phenoxy) is 3. The van der Waals surface area contributed by atoms with Crippen molar-refractivity contribution in [2.75, 3.05) is 19.8 Å². The standard InChI is InChI=1S/C22H33F5O4/c1-4-7-8-9-10-11-12-15(22(28,30-5-2)31-6-3)13-29-14-16-17(23)19(25)21(27)20(26)18(16)24/h15,28H,4-14H2,1-3H3. The number of hydrogen-bond acceptors (Lipinski definition) is 4. The highest BCUT2D eigenvalue weighted by Crippen LogP contribution is 2.29. The normalized spacial score (nSPS) is 13.1. The zero-order chi connectivity index (χ0) is 23.4. The van der Waals surface area contributed by atoms with Gasteiger partial charge in [0.05, 0.1) is 24.7 Å². The summed E-state index contributed by atoms with van der Waals surface area (Å²) in [5.41, 5.74) is -1.06. The smallest absolute Gasteiger partial charge is 0.285 e. The van der Waals surface area contributed by atoms with Crippen LogP contribution in [-0.2, 0) is 20.8 Å². The molecule has 1 N–H and O–H groups in total. The van der Waals surface area contributed by atoms with Gasteiger partial charge in [-0.25, -0.2) is 22.0 Å². The maximum Gasteiger partial charge on any atom is 0.285 e. The van der Waals surface area contributed by atoms with Crippen LogP contribution in [0.3, 0.4) is 0 Å². The largest absolute Gasteiger partial charge is 0.376 e. The Balaban J connectivity index is 2.85. The van der Waals surface area contributed by atoms with Gasteiger partial charge in [-0.1, -0.05) is 45.4 Å². The SMILES string of the molecule is CCCCCCCCC(COCc1c(F)c(F)c(F)c(F)c1F)C(O)(OCC)OCC. The van der Waals surface area contributed by atoms with Gasteiger partial charge in [0.1, 0.15) is 0 Å². The van der Waals surface area contributed by atoms with Crippen molar-refractivity contribution in [1.82, 2.24) is 0 Å². The molecule has 0 aromatic heterocycles. The average molecular weight is 456 g/mol. The van der Waals surface area contributed by atoms with Gasteiger partial charge in [0.2, 0.25) is 5.82 Å². The van der Waals surface area contributed by atoms with Gasteiger partial charge >= 0.3 is 0 Å². The Morgan fingerprint density at radius 1 is 0.742 bits per heavy atom. The second-order valence-electron chi connectivity index (χ2n) is 7.31. The van der Waals surface area contributed by atoms with Gasteiger partial charge in [-0.05, 0) is 20.3 Å². The lowest BCUT2D eigenvalue weighted by atomic mass is 9.98. The monoisotopic (exact) mass is 456 g/mol. The Labute approximate surface area is 180 Å². The molecule has 0 saturated heterocycles. The lowest BCUT2D eigenvalue weighted by molar-refractivity contribution is -0.388. The van der Waals surface area contributed by atoms with E-state index in [1.807, 2.05) is 0 Å². The molecule has 0 heterocycles. The molecule has 9 heteroatoms. The summed E-state index contributed by atoms with van der Waals surface area (Å²) in [6.45, 7) is 4.62. The minimum Gasteiger partial charge on any atom is -0.376 e. The highest BCUT2D eigenvalue weighted by atomic mass is 19.2. The van der Waals surface area contributed by atoms with Crippen molar-refractivity contribution >= 4 is 0 Å². The minimum atomic E-state index is -2.22. The lowest BCUT2D eigenvalue weighted by Crippen LogP contribution is -2.46. The van der Waals surface area contributed by atoms with Gasteiger partial charge in [-0.3, -0.25) is 0 Å². The molecule has 180 valence electrons. The number of aliphatic hydroxyl groups is 1. The molecule has 0 aliphatic rings. The van der Waals surface area contributed by atoms with Crippen molar-refractivity contribution < 1.29 is 41.3 Å². The maximum atomic E-state index is 13.9. The van der Waals surface area contributed by atoms with Crippen LogP contribution in [0.15, 0.2) is 0 Å². The molecule has 1 aromatic rings. The molecule has 4 nitrogen and oxygen atoms in total. The number of benzene rings is 1. The summed E-state index contributed by atoms with van der Waals surface area (Å²) >= 11 is 0. The van der Waals surface area contributed by atoms with E-state index in [4.69, 9.17) is 14.2 Å². The van der Waals surface area contributed by atoms with Crippen LogP contribution in [0.1, 0.15) is 71.3 Å². The fourth-order valence-corrected chi connectivity index (χ4v) is 3.31.